The van der Waals surface area contributed by atoms with Gasteiger partial charge in [0.2, 0.25) is 5.95 Å². The number of aryl methyl sites for hydroxylation is 1. The molecule has 0 spiro atoms. The Hall–Kier alpha value is -2.61. The minimum Gasteiger partial charge on any atom is -0.493 e. The highest BCUT2D eigenvalue weighted by atomic mass is 16.5. The number of methoxy groups -OCH3 is 1. The molecule has 1 aliphatic heterocycles. The Bertz CT molecular complexity index is 799. The second-order valence-electron chi connectivity index (χ2n) is 6.96. The Balaban J connectivity index is 1.69. The van der Waals surface area contributed by atoms with E-state index in [1.54, 1.807) is 37.0 Å². The summed E-state index contributed by atoms with van der Waals surface area (Å²) in [6.45, 7) is 4.67. The van der Waals surface area contributed by atoms with E-state index >= 15 is 0 Å². The predicted molar refractivity (Wildman–Crippen MR) is 107 cm³/mol. The highest BCUT2D eigenvalue weighted by molar-refractivity contribution is 6.03. The Morgan fingerprint density at radius 2 is 2.11 bits per heavy atom. The Morgan fingerprint density at radius 1 is 1.32 bits per heavy atom. The van der Waals surface area contributed by atoms with E-state index in [1.165, 1.54) is 0 Å². The van der Waals surface area contributed by atoms with Crippen LogP contribution in [0.25, 0.3) is 0 Å². The quantitative estimate of drug-likeness (QED) is 0.677. The number of nitrogens with one attached hydrogen (secondary N) is 2. The third-order valence-corrected chi connectivity index (χ3v) is 4.89. The van der Waals surface area contributed by atoms with Gasteiger partial charge in [-0.15, -0.1) is 0 Å². The maximum absolute atomic E-state index is 12.7. The zero-order chi connectivity index (χ0) is 19.9. The van der Waals surface area contributed by atoms with Gasteiger partial charge in [0.05, 0.1) is 13.7 Å². The van der Waals surface area contributed by atoms with E-state index in [-0.39, 0.29) is 5.91 Å². The monoisotopic (exact) mass is 387 g/mol. The summed E-state index contributed by atoms with van der Waals surface area (Å²) in [7, 11) is 3.36. The summed E-state index contributed by atoms with van der Waals surface area (Å²) in [6, 6.07) is 5.17. The number of anilines is 1. The molecule has 1 aliphatic rings. The minimum atomic E-state index is -0.259. The van der Waals surface area contributed by atoms with Crippen molar-refractivity contribution in [3.8, 4) is 11.5 Å². The summed E-state index contributed by atoms with van der Waals surface area (Å²) < 4.78 is 12.7. The molecule has 1 aromatic heterocycles. The van der Waals surface area contributed by atoms with Crippen molar-refractivity contribution in [1.82, 2.24) is 20.1 Å². The first kappa shape index (κ1) is 20.1. The Kier molecular flexibility index (Phi) is 6.86. The van der Waals surface area contributed by atoms with Gasteiger partial charge in [-0.25, -0.2) is 4.68 Å². The molecule has 0 aliphatic carbocycles. The first-order chi connectivity index (χ1) is 13.6. The second kappa shape index (κ2) is 9.54. The lowest BCUT2D eigenvalue weighted by atomic mass is 9.98. The van der Waals surface area contributed by atoms with E-state index < -0.39 is 0 Å². The number of carbonyl (C=O) groups excluding carboxylic acids is 1. The van der Waals surface area contributed by atoms with E-state index in [0.717, 1.165) is 44.6 Å². The molecule has 0 unspecified atom stereocenters. The first-order valence-corrected chi connectivity index (χ1v) is 9.86. The van der Waals surface area contributed by atoms with Gasteiger partial charge in [0.1, 0.15) is 0 Å². The molecule has 2 N–H and O–H groups in total. The maximum atomic E-state index is 12.7. The van der Waals surface area contributed by atoms with Crippen LogP contribution in [0.4, 0.5) is 5.95 Å². The molecule has 8 heteroatoms. The standard InChI is InChI=1S/C20H29N5O3/c1-4-5-12-28-16-7-6-15(13-17(16)27-3)19(26)23-20-22-18(24-25(20)2)14-8-10-21-11-9-14/h6-7,13-14,21H,4-5,8-12H2,1-3H3,(H,22,23,24,26). The fourth-order valence-electron chi connectivity index (χ4n) is 3.19. The first-order valence-electron chi connectivity index (χ1n) is 9.86. The van der Waals surface area contributed by atoms with Gasteiger partial charge in [-0.05, 0) is 50.6 Å². The van der Waals surface area contributed by atoms with Crippen LogP contribution in [-0.4, -0.2) is 47.5 Å². The van der Waals surface area contributed by atoms with Crippen LogP contribution in [-0.2, 0) is 7.05 Å². The number of aromatic nitrogens is 3. The maximum Gasteiger partial charge on any atom is 0.258 e. The zero-order valence-corrected chi connectivity index (χ0v) is 16.8. The molecular weight excluding hydrogens is 358 g/mol. The fraction of sp³-hybridized carbons (Fsp3) is 0.550. The lowest BCUT2D eigenvalue weighted by molar-refractivity contribution is 0.102. The number of rotatable bonds is 8. The van der Waals surface area contributed by atoms with Crippen LogP contribution >= 0.6 is 0 Å². The number of ether oxygens (including phenoxy) is 2. The molecule has 3 rings (SSSR count). The third-order valence-electron chi connectivity index (χ3n) is 4.89. The van der Waals surface area contributed by atoms with Crippen molar-refractivity contribution in [2.75, 3.05) is 32.1 Å². The molecule has 1 fully saturated rings. The van der Waals surface area contributed by atoms with Crippen molar-refractivity contribution in [2.24, 2.45) is 7.05 Å². The molecule has 0 radical (unpaired) electrons. The highest BCUT2D eigenvalue weighted by Gasteiger charge is 2.22. The van der Waals surface area contributed by atoms with Crippen molar-refractivity contribution in [1.29, 1.82) is 0 Å². The Labute approximate surface area is 165 Å². The highest BCUT2D eigenvalue weighted by Crippen LogP contribution is 2.29. The number of unbranched alkanes of at least 4 members (excludes halogenated alkanes) is 1. The average Bonchev–Trinajstić information content (AvgIpc) is 3.09. The smallest absolute Gasteiger partial charge is 0.258 e. The van der Waals surface area contributed by atoms with Gasteiger partial charge in [0.15, 0.2) is 17.3 Å². The molecule has 8 nitrogen and oxygen atoms in total. The van der Waals surface area contributed by atoms with Gasteiger partial charge >= 0.3 is 0 Å². The molecule has 0 atom stereocenters. The number of hydrogen-bond acceptors (Lipinski definition) is 6. The molecule has 2 heterocycles. The number of hydrogen-bond donors (Lipinski definition) is 2. The lowest BCUT2D eigenvalue weighted by Crippen LogP contribution is -2.27. The fourth-order valence-corrected chi connectivity index (χ4v) is 3.19. The summed E-state index contributed by atoms with van der Waals surface area (Å²) in [5.74, 6) is 2.48. The van der Waals surface area contributed by atoms with Crippen molar-refractivity contribution in [2.45, 2.75) is 38.5 Å². The van der Waals surface area contributed by atoms with E-state index in [0.29, 0.717) is 35.5 Å². The van der Waals surface area contributed by atoms with Crippen LogP contribution in [0.3, 0.4) is 0 Å². The number of piperidine rings is 1. The van der Waals surface area contributed by atoms with E-state index in [9.17, 15) is 4.79 Å². The van der Waals surface area contributed by atoms with Gasteiger partial charge in [0.25, 0.3) is 5.91 Å². The number of nitrogens with zero attached hydrogens (tertiary/aromatic N) is 3. The van der Waals surface area contributed by atoms with Crippen molar-refractivity contribution >= 4 is 11.9 Å². The van der Waals surface area contributed by atoms with Crippen LogP contribution in [0.1, 0.15) is 54.7 Å². The summed E-state index contributed by atoms with van der Waals surface area (Å²) in [4.78, 5) is 17.2. The van der Waals surface area contributed by atoms with Crippen LogP contribution < -0.4 is 20.1 Å². The van der Waals surface area contributed by atoms with Crippen LogP contribution in [0, 0.1) is 0 Å². The van der Waals surface area contributed by atoms with E-state index in [4.69, 9.17) is 9.47 Å². The van der Waals surface area contributed by atoms with Gasteiger partial charge in [0, 0.05) is 18.5 Å². The molecule has 1 aromatic carbocycles. The summed E-state index contributed by atoms with van der Waals surface area (Å²) in [5.41, 5.74) is 0.478. The van der Waals surface area contributed by atoms with Crippen molar-refractivity contribution < 1.29 is 14.3 Å². The van der Waals surface area contributed by atoms with Gasteiger partial charge in [-0.2, -0.15) is 10.1 Å². The second-order valence-corrected chi connectivity index (χ2v) is 6.96. The molecule has 28 heavy (non-hydrogen) atoms. The Morgan fingerprint density at radius 3 is 2.82 bits per heavy atom. The minimum absolute atomic E-state index is 0.259. The van der Waals surface area contributed by atoms with E-state index in [1.807, 2.05) is 0 Å². The predicted octanol–water partition coefficient (Wildman–Crippen LogP) is 2.72. The SMILES string of the molecule is CCCCOc1ccc(C(=O)Nc2nc(C3CCNCC3)nn2C)cc1OC. The molecule has 152 valence electrons. The average molecular weight is 387 g/mol. The zero-order valence-electron chi connectivity index (χ0n) is 16.8. The van der Waals surface area contributed by atoms with Crippen LogP contribution in [0.15, 0.2) is 18.2 Å². The van der Waals surface area contributed by atoms with Gasteiger partial charge < -0.3 is 14.8 Å². The largest absolute Gasteiger partial charge is 0.493 e. The lowest BCUT2D eigenvalue weighted by Gasteiger charge is -2.19. The van der Waals surface area contributed by atoms with E-state index in [2.05, 4.69) is 27.6 Å². The summed E-state index contributed by atoms with van der Waals surface area (Å²) in [6.07, 6.45) is 4.04. The summed E-state index contributed by atoms with van der Waals surface area (Å²) in [5, 5.41) is 10.7. The molecule has 1 amide bonds. The van der Waals surface area contributed by atoms with Gasteiger partial charge in [-0.3, -0.25) is 10.1 Å². The summed E-state index contributed by atoms with van der Waals surface area (Å²) >= 11 is 0. The van der Waals surface area contributed by atoms with Gasteiger partial charge in [-0.1, -0.05) is 13.3 Å². The molecule has 2 aromatic rings. The number of carbonyl (C=O) groups is 1. The molecule has 0 saturated carbocycles. The number of amides is 1. The normalized spacial score (nSPS) is 14.7. The molecular formula is C20H29N5O3. The van der Waals surface area contributed by atoms with Crippen molar-refractivity contribution in [3.63, 3.8) is 0 Å². The van der Waals surface area contributed by atoms with Crippen LogP contribution in [0.5, 0.6) is 11.5 Å². The van der Waals surface area contributed by atoms with Crippen LogP contribution in [0.2, 0.25) is 0 Å². The number of benzene rings is 1. The molecule has 0 bridgehead atoms. The topological polar surface area (TPSA) is 90.3 Å². The van der Waals surface area contributed by atoms with Crippen molar-refractivity contribution in [3.05, 3.63) is 29.6 Å². The third kappa shape index (κ3) is 4.81. The molecule has 1 saturated heterocycles.